The molecule has 18 heavy (non-hydrogen) atoms. The van der Waals surface area contributed by atoms with E-state index in [0.29, 0.717) is 5.92 Å². The minimum atomic E-state index is -0.126. The first-order valence-electron chi connectivity index (χ1n) is 6.66. The summed E-state index contributed by atoms with van der Waals surface area (Å²) < 4.78 is 5.00. The van der Waals surface area contributed by atoms with Crippen molar-refractivity contribution in [1.82, 2.24) is 0 Å². The topological polar surface area (TPSA) is 26.3 Å². The zero-order valence-corrected chi connectivity index (χ0v) is 10.7. The van der Waals surface area contributed by atoms with E-state index in [9.17, 15) is 4.79 Å². The second-order valence-electron chi connectivity index (χ2n) is 5.33. The highest BCUT2D eigenvalue weighted by molar-refractivity contribution is 5.98. The Balaban J connectivity index is 2.09. The van der Waals surface area contributed by atoms with Crippen molar-refractivity contribution >= 4 is 11.5 Å². The zero-order valence-electron chi connectivity index (χ0n) is 10.7. The van der Waals surface area contributed by atoms with Gasteiger partial charge < -0.3 is 4.74 Å². The number of carbonyl (C=O) groups excluding carboxylic acids is 1. The molecule has 0 unspecified atom stereocenters. The molecule has 2 aliphatic carbocycles. The second-order valence-corrected chi connectivity index (χ2v) is 5.33. The summed E-state index contributed by atoms with van der Waals surface area (Å²) in [6.45, 7) is 0. The van der Waals surface area contributed by atoms with E-state index in [1.165, 1.54) is 31.1 Å². The first kappa shape index (κ1) is 11.5. The van der Waals surface area contributed by atoms with Crippen LogP contribution in [-0.2, 0) is 9.53 Å². The number of hydrogen-bond donors (Lipinski definition) is 0. The van der Waals surface area contributed by atoms with E-state index in [2.05, 4.69) is 12.1 Å². The van der Waals surface area contributed by atoms with E-state index in [4.69, 9.17) is 4.74 Å². The van der Waals surface area contributed by atoms with Gasteiger partial charge in [0.05, 0.1) is 7.11 Å². The minimum Gasteiger partial charge on any atom is -0.466 e. The van der Waals surface area contributed by atoms with Gasteiger partial charge in [0.25, 0.3) is 0 Å². The Morgan fingerprint density at radius 1 is 1.22 bits per heavy atom. The predicted octanol–water partition coefficient (Wildman–Crippen LogP) is 3.43. The third-order valence-electron chi connectivity index (χ3n) is 4.29. The highest BCUT2D eigenvalue weighted by Gasteiger charge is 2.38. The summed E-state index contributed by atoms with van der Waals surface area (Å²) in [5.74, 6) is 1.06. The summed E-state index contributed by atoms with van der Waals surface area (Å²) >= 11 is 0. The van der Waals surface area contributed by atoms with Gasteiger partial charge in [-0.15, -0.1) is 0 Å². The average molecular weight is 242 g/mol. The molecule has 2 atom stereocenters. The Kier molecular flexibility index (Phi) is 2.94. The van der Waals surface area contributed by atoms with Gasteiger partial charge in [-0.1, -0.05) is 30.3 Å². The standard InChI is InChI=1S/C16H18O2/c1-18-16(17)15-13-8-7-11(9-13)10-14(15)12-5-3-2-4-6-12/h2-6,11,13H,7-10H2,1H3/t11-,13-/m0/s1. The molecule has 0 aliphatic heterocycles. The Bertz CT molecular complexity index is 487. The highest BCUT2D eigenvalue weighted by Crippen LogP contribution is 2.48. The summed E-state index contributed by atoms with van der Waals surface area (Å²) in [5, 5.41) is 0. The van der Waals surface area contributed by atoms with Crippen molar-refractivity contribution in [2.24, 2.45) is 11.8 Å². The van der Waals surface area contributed by atoms with E-state index in [1.807, 2.05) is 18.2 Å². The molecule has 1 aromatic rings. The maximum Gasteiger partial charge on any atom is 0.334 e. The third kappa shape index (κ3) is 1.86. The smallest absolute Gasteiger partial charge is 0.334 e. The molecule has 0 aromatic heterocycles. The van der Waals surface area contributed by atoms with Gasteiger partial charge in [0, 0.05) is 5.57 Å². The molecule has 0 amide bonds. The Hall–Kier alpha value is -1.57. The predicted molar refractivity (Wildman–Crippen MR) is 70.8 cm³/mol. The molecule has 1 aromatic carbocycles. The SMILES string of the molecule is COC(=O)C1=C(c2ccccc2)C[C@H]2CC[C@H]1C2. The van der Waals surface area contributed by atoms with E-state index in [-0.39, 0.29) is 5.97 Å². The number of allylic oxidation sites excluding steroid dienone is 1. The molecule has 2 aliphatic rings. The molecular formula is C16H18O2. The lowest BCUT2D eigenvalue weighted by Crippen LogP contribution is -2.19. The third-order valence-corrected chi connectivity index (χ3v) is 4.29. The molecule has 0 radical (unpaired) electrons. The summed E-state index contributed by atoms with van der Waals surface area (Å²) in [6, 6.07) is 10.3. The molecule has 2 heteroatoms. The van der Waals surface area contributed by atoms with Gasteiger partial charge in [0.2, 0.25) is 0 Å². The number of fused-ring (bicyclic) bond motifs is 2. The first-order valence-corrected chi connectivity index (χ1v) is 6.66. The number of carbonyl (C=O) groups is 1. The minimum absolute atomic E-state index is 0.126. The second kappa shape index (κ2) is 4.60. The van der Waals surface area contributed by atoms with E-state index < -0.39 is 0 Å². The van der Waals surface area contributed by atoms with Crippen LogP contribution in [0.15, 0.2) is 35.9 Å². The number of benzene rings is 1. The van der Waals surface area contributed by atoms with Crippen LogP contribution in [0.2, 0.25) is 0 Å². The average Bonchev–Trinajstić information content (AvgIpc) is 2.80. The number of methoxy groups -OCH3 is 1. The van der Waals surface area contributed by atoms with Gasteiger partial charge in [0.1, 0.15) is 0 Å². The lowest BCUT2D eigenvalue weighted by atomic mass is 9.80. The molecule has 2 nitrogen and oxygen atoms in total. The van der Waals surface area contributed by atoms with Crippen LogP contribution in [0.25, 0.3) is 5.57 Å². The van der Waals surface area contributed by atoms with Crippen molar-refractivity contribution in [3.05, 3.63) is 41.5 Å². The largest absolute Gasteiger partial charge is 0.466 e. The van der Waals surface area contributed by atoms with Gasteiger partial charge in [-0.2, -0.15) is 0 Å². The van der Waals surface area contributed by atoms with E-state index in [0.717, 1.165) is 24.3 Å². The van der Waals surface area contributed by atoms with E-state index >= 15 is 0 Å². The Morgan fingerprint density at radius 2 is 2.00 bits per heavy atom. The maximum absolute atomic E-state index is 12.1. The van der Waals surface area contributed by atoms with Crippen LogP contribution in [0, 0.1) is 11.8 Å². The molecule has 1 saturated carbocycles. The van der Waals surface area contributed by atoms with Crippen molar-refractivity contribution < 1.29 is 9.53 Å². The van der Waals surface area contributed by atoms with Crippen LogP contribution in [0.1, 0.15) is 31.2 Å². The van der Waals surface area contributed by atoms with Crippen molar-refractivity contribution in [3.8, 4) is 0 Å². The van der Waals surface area contributed by atoms with Gasteiger partial charge in [0.15, 0.2) is 0 Å². The monoisotopic (exact) mass is 242 g/mol. The number of rotatable bonds is 2. The van der Waals surface area contributed by atoms with Crippen molar-refractivity contribution in [2.75, 3.05) is 7.11 Å². The zero-order chi connectivity index (χ0) is 12.5. The first-order chi connectivity index (χ1) is 8.79. The fourth-order valence-corrected chi connectivity index (χ4v) is 3.48. The summed E-state index contributed by atoms with van der Waals surface area (Å²) in [6.07, 6.45) is 4.60. The Labute approximate surface area is 108 Å². The molecule has 0 heterocycles. The fourth-order valence-electron chi connectivity index (χ4n) is 3.48. The molecule has 94 valence electrons. The van der Waals surface area contributed by atoms with Gasteiger partial charge >= 0.3 is 5.97 Å². The highest BCUT2D eigenvalue weighted by atomic mass is 16.5. The van der Waals surface area contributed by atoms with Gasteiger partial charge in [-0.05, 0) is 48.7 Å². The fraction of sp³-hybridized carbons (Fsp3) is 0.438. The lowest BCUT2D eigenvalue weighted by molar-refractivity contribution is -0.136. The van der Waals surface area contributed by atoms with Crippen LogP contribution in [0.4, 0.5) is 0 Å². The van der Waals surface area contributed by atoms with Crippen molar-refractivity contribution in [1.29, 1.82) is 0 Å². The van der Waals surface area contributed by atoms with E-state index in [1.54, 1.807) is 0 Å². The quantitative estimate of drug-likeness (QED) is 0.743. The molecule has 2 bridgehead atoms. The van der Waals surface area contributed by atoms with Gasteiger partial charge in [-0.3, -0.25) is 0 Å². The molecule has 0 N–H and O–H groups in total. The van der Waals surface area contributed by atoms with Crippen molar-refractivity contribution in [3.63, 3.8) is 0 Å². The van der Waals surface area contributed by atoms with Crippen LogP contribution in [0.3, 0.4) is 0 Å². The number of esters is 1. The maximum atomic E-state index is 12.1. The van der Waals surface area contributed by atoms with Crippen LogP contribution in [0.5, 0.6) is 0 Å². The van der Waals surface area contributed by atoms with Gasteiger partial charge in [-0.25, -0.2) is 4.79 Å². The molecule has 0 saturated heterocycles. The lowest BCUT2D eigenvalue weighted by Gasteiger charge is -2.25. The summed E-state index contributed by atoms with van der Waals surface area (Å²) in [4.78, 5) is 12.1. The summed E-state index contributed by atoms with van der Waals surface area (Å²) in [7, 11) is 1.49. The molecule has 1 fully saturated rings. The van der Waals surface area contributed by atoms with Crippen LogP contribution >= 0.6 is 0 Å². The molecule has 0 spiro atoms. The number of hydrogen-bond acceptors (Lipinski definition) is 2. The van der Waals surface area contributed by atoms with Crippen molar-refractivity contribution in [2.45, 2.75) is 25.7 Å². The normalized spacial score (nSPS) is 26.3. The number of ether oxygens (including phenoxy) is 1. The van der Waals surface area contributed by atoms with Crippen LogP contribution < -0.4 is 0 Å². The van der Waals surface area contributed by atoms with Crippen LogP contribution in [-0.4, -0.2) is 13.1 Å². The molecular weight excluding hydrogens is 224 g/mol. The Morgan fingerprint density at radius 3 is 2.72 bits per heavy atom. The molecule has 3 rings (SSSR count). The summed E-state index contributed by atoms with van der Waals surface area (Å²) in [5.41, 5.74) is 3.35.